The van der Waals surface area contributed by atoms with Gasteiger partial charge in [-0.3, -0.25) is 14.8 Å². The normalized spacial score (nSPS) is 11.2. The van der Waals surface area contributed by atoms with Gasteiger partial charge in [0, 0.05) is 44.7 Å². The Labute approximate surface area is 210 Å². The summed E-state index contributed by atoms with van der Waals surface area (Å²) in [5.41, 5.74) is 2.91. The Morgan fingerprint density at radius 2 is 1.83 bits per heavy atom. The minimum atomic E-state index is -1.11. The molecule has 7 nitrogen and oxygen atoms in total. The van der Waals surface area contributed by atoms with Crippen LogP contribution in [-0.4, -0.2) is 40.5 Å². The van der Waals surface area contributed by atoms with E-state index < -0.39 is 12.6 Å². The van der Waals surface area contributed by atoms with Gasteiger partial charge in [-0.2, -0.15) is 0 Å². The molecule has 2 heterocycles. The van der Waals surface area contributed by atoms with E-state index in [0.717, 1.165) is 20.5 Å². The van der Waals surface area contributed by atoms with Crippen LogP contribution in [0.5, 0.6) is 11.5 Å². The summed E-state index contributed by atoms with van der Waals surface area (Å²) in [6.07, 6.45) is 6.16. The van der Waals surface area contributed by atoms with Crippen molar-refractivity contribution < 1.29 is 24.2 Å². The Morgan fingerprint density at radius 1 is 1.00 bits per heavy atom. The van der Waals surface area contributed by atoms with Crippen LogP contribution in [0.1, 0.15) is 15.9 Å². The first-order valence-electron chi connectivity index (χ1n) is 11.0. The lowest BCUT2D eigenvalue weighted by atomic mass is 10.0. The van der Waals surface area contributed by atoms with Crippen molar-refractivity contribution in [3.8, 4) is 21.9 Å². The van der Waals surface area contributed by atoms with Crippen LogP contribution in [-0.2, 0) is 4.79 Å². The van der Waals surface area contributed by atoms with Crippen LogP contribution in [0.25, 0.3) is 37.6 Å². The highest BCUT2D eigenvalue weighted by Gasteiger charge is 2.16. The molecule has 0 bridgehead atoms. The Morgan fingerprint density at radius 3 is 2.64 bits per heavy atom. The van der Waals surface area contributed by atoms with E-state index in [4.69, 9.17) is 14.6 Å². The van der Waals surface area contributed by atoms with E-state index in [1.807, 2.05) is 30.3 Å². The van der Waals surface area contributed by atoms with Crippen molar-refractivity contribution in [1.29, 1.82) is 0 Å². The van der Waals surface area contributed by atoms with Crippen molar-refractivity contribution in [1.82, 2.24) is 9.97 Å². The van der Waals surface area contributed by atoms with Crippen molar-refractivity contribution in [2.45, 2.75) is 0 Å². The molecule has 0 unspecified atom stereocenters. The summed E-state index contributed by atoms with van der Waals surface area (Å²) in [6, 6.07) is 18.9. The zero-order valence-corrected chi connectivity index (χ0v) is 20.0. The number of allylic oxidation sites excluding steroid dienone is 1. The quantitative estimate of drug-likeness (QED) is 0.212. The first-order valence-corrected chi connectivity index (χ1v) is 11.8. The molecule has 0 aliphatic rings. The Balaban J connectivity index is 1.58. The molecule has 0 atom stereocenters. The second-order valence-electron chi connectivity index (χ2n) is 7.85. The number of ketones is 1. The average molecular weight is 497 g/mol. The zero-order chi connectivity index (χ0) is 25.1. The number of methoxy groups -OCH3 is 1. The SMILES string of the molecule is COc1cc(OCC(=O)O)c(/C=C/C(=O)c2cccc3nccnc23)cc1-c1cc2ccccc2s1. The molecule has 0 spiro atoms. The number of fused-ring (bicyclic) bond motifs is 2. The van der Waals surface area contributed by atoms with Gasteiger partial charge in [0.15, 0.2) is 12.4 Å². The number of thiophene rings is 1. The summed E-state index contributed by atoms with van der Waals surface area (Å²) in [6.45, 7) is -0.529. The second kappa shape index (κ2) is 9.97. The largest absolute Gasteiger partial charge is 0.496 e. The molecular weight excluding hydrogens is 476 g/mol. The van der Waals surface area contributed by atoms with Gasteiger partial charge in [-0.05, 0) is 47.9 Å². The van der Waals surface area contributed by atoms with Gasteiger partial charge in [0.1, 0.15) is 11.5 Å². The number of aromatic nitrogens is 2. The van der Waals surface area contributed by atoms with Crippen LogP contribution in [0.15, 0.2) is 79.1 Å². The van der Waals surface area contributed by atoms with Crippen LogP contribution in [0.4, 0.5) is 0 Å². The fourth-order valence-corrected chi connectivity index (χ4v) is 4.98. The second-order valence-corrected chi connectivity index (χ2v) is 8.93. The average Bonchev–Trinajstić information content (AvgIpc) is 3.34. The molecule has 5 aromatic rings. The number of ether oxygens (including phenoxy) is 2. The molecule has 0 saturated carbocycles. The van der Waals surface area contributed by atoms with E-state index in [9.17, 15) is 9.59 Å². The lowest BCUT2D eigenvalue weighted by Gasteiger charge is -2.13. The van der Waals surface area contributed by atoms with Crippen molar-refractivity contribution in [2.24, 2.45) is 0 Å². The molecular formula is C28H20N2O5S. The molecule has 3 aromatic carbocycles. The summed E-state index contributed by atoms with van der Waals surface area (Å²) >= 11 is 1.61. The maximum atomic E-state index is 13.1. The smallest absolute Gasteiger partial charge is 0.341 e. The summed E-state index contributed by atoms with van der Waals surface area (Å²) in [5, 5.41) is 10.2. The van der Waals surface area contributed by atoms with Crippen molar-refractivity contribution in [2.75, 3.05) is 13.7 Å². The topological polar surface area (TPSA) is 98.6 Å². The van der Waals surface area contributed by atoms with Gasteiger partial charge < -0.3 is 14.6 Å². The summed E-state index contributed by atoms with van der Waals surface area (Å²) in [4.78, 5) is 33.8. The number of aliphatic carboxylic acids is 1. The van der Waals surface area contributed by atoms with Crippen LogP contribution >= 0.6 is 11.3 Å². The number of benzene rings is 3. The van der Waals surface area contributed by atoms with Crippen LogP contribution < -0.4 is 9.47 Å². The Bertz CT molecular complexity index is 1600. The first-order chi connectivity index (χ1) is 17.5. The summed E-state index contributed by atoms with van der Waals surface area (Å²) in [7, 11) is 1.55. The minimum absolute atomic E-state index is 0.260. The molecule has 0 fully saturated rings. The fourth-order valence-electron chi connectivity index (χ4n) is 3.90. The molecule has 0 amide bonds. The van der Waals surface area contributed by atoms with E-state index in [1.165, 1.54) is 6.08 Å². The number of carbonyl (C=O) groups excluding carboxylic acids is 1. The Hall–Kier alpha value is -4.56. The number of para-hydroxylation sites is 1. The third kappa shape index (κ3) is 4.67. The number of hydrogen-bond acceptors (Lipinski definition) is 7. The van der Waals surface area contributed by atoms with E-state index >= 15 is 0 Å². The summed E-state index contributed by atoms with van der Waals surface area (Å²) in [5.74, 6) is -0.539. The van der Waals surface area contributed by atoms with E-state index in [-0.39, 0.29) is 5.78 Å². The number of hydrogen-bond donors (Lipinski definition) is 1. The van der Waals surface area contributed by atoms with E-state index in [2.05, 4.69) is 16.0 Å². The minimum Gasteiger partial charge on any atom is -0.496 e. The number of nitrogens with zero attached hydrogens (tertiary/aromatic N) is 2. The molecule has 36 heavy (non-hydrogen) atoms. The Kier molecular flexibility index (Phi) is 6.42. The van der Waals surface area contributed by atoms with E-state index in [0.29, 0.717) is 33.7 Å². The van der Waals surface area contributed by atoms with Gasteiger partial charge >= 0.3 is 5.97 Å². The molecule has 8 heteroatoms. The predicted octanol–water partition coefficient (Wildman–Crippen LogP) is 5.88. The molecule has 178 valence electrons. The third-order valence-corrected chi connectivity index (χ3v) is 6.70. The van der Waals surface area contributed by atoms with Crippen LogP contribution in [0, 0.1) is 0 Å². The standard InChI is InChI=1S/C28H20N2O5S/c1-34-24-15-23(35-16-27(32)33)17(13-20(24)26-14-18-5-2-3-8-25(18)36-26)9-10-22(31)19-6-4-7-21-28(19)30-12-11-29-21/h2-15H,16H2,1H3,(H,32,33)/b10-9+. The molecule has 0 aliphatic heterocycles. The maximum absolute atomic E-state index is 13.1. The number of carboxylic acid groups (broad SMARTS) is 1. The van der Waals surface area contributed by atoms with Gasteiger partial charge in [0.2, 0.25) is 0 Å². The van der Waals surface area contributed by atoms with Crippen molar-refractivity contribution in [3.63, 3.8) is 0 Å². The molecule has 0 saturated heterocycles. The first kappa shape index (κ1) is 23.2. The zero-order valence-electron chi connectivity index (χ0n) is 19.2. The molecule has 1 N–H and O–H groups in total. The van der Waals surface area contributed by atoms with E-state index in [1.54, 1.807) is 61.2 Å². The lowest BCUT2D eigenvalue weighted by molar-refractivity contribution is -0.139. The van der Waals surface area contributed by atoms with Gasteiger partial charge in [0.25, 0.3) is 0 Å². The third-order valence-electron chi connectivity index (χ3n) is 5.55. The number of carboxylic acids is 1. The van der Waals surface area contributed by atoms with Crippen molar-refractivity contribution in [3.05, 3.63) is 90.3 Å². The molecule has 0 aliphatic carbocycles. The number of carbonyl (C=O) groups is 2. The predicted molar refractivity (Wildman–Crippen MR) is 140 cm³/mol. The highest BCUT2D eigenvalue weighted by molar-refractivity contribution is 7.22. The van der Waals surface area contributed by atoms with Crippen LogP contribution in [0.3, 0.4) is 0 Å². The van der Waals surface area contributed by atoms with Gasteiger partial charge in [0.05, 0.1) is 18.1 Å². The van der Waals surface area contributed by atoms with Crippen molar-refractivity contribution >= 4 is 50.3 Å². The molecule has 5 rings (SSSR count). The molecule has 0 radical (unpaired) electrons. The van der Waals surface area contributed by atoms with Gasteiger partial charge in [-0.25, -0.2) is 4.79 Å². The van der Waals surface area contributed by atoms with Crippen LogP contribution in [0.2, 0.25) is 0 Å². The molecule has 2 aromatic heterocycles. The monoisotopic (exact) mass is 496 g/mol. The number of rotatable bonds is 8. The highest BCUT2D eigenvalue weighted by Crippen LogP contribution is 2.41. The summed E-state index contributed by atoms with van der Waals surface area (Å²) < 4.78 is 12.3. The van der Waals surface area contributed by atoms with Gasteiger partial charge in [-0.1, -0.05) is 24.3 Å². The highest BCUT2D eigenvalue weighted by atomic mass is 32.1. The fraction of sp³-hybridized carbons (Fsp3) is 0.0714. The maximum Gasteiger partial charge on any atom is 0.341 e. The van der Waals surface area contributed by atoms with Gasteiger partial charge in [-0.15, -0.1) is 11.3 Å². The lowest BCUT2D eigenvalue weighted by Crippen LogP contribution is -2.10.